The number of carbonyl (C=O) groups excluding carboxylic acids is 1. The normalized spacial score (nSPS) is 10.9. The SMILES string of the molecule is Cc1cc(C#CC(C)(C)C)ccc1C(=O)Nc1cccc2ccccc12. The molecule has 0 bridgehead atoms. The number of carbonyl (C=O) groups is 1. The molecule has 2 nitrogen and oxygen atoms in total. The van der Waals surface area contributed by atoms with E-state index in [4.69, 9.17) is 0 Å². The van der Waals surface area contributed by atoms with Gasteiger partial charge in [-0.1, -0.05) is 48.2 Å². The van der Waals surface area contributed by atoms with Crippen LogP contribution < -0.4 is 5.32 Å². The Balaban J connectivity index is 1.87. The average molecular weight is 341 g/mol. The number of nitrogens with one attached hydrogen (secondary N) is 1. The van der Waals surface area contributed by atoms with E-state index in [0.29, 0.717) is 5.56 Å². The summed E-state index contributed by atoms with van der Waals surface area (Å²) in [4.78, 5) is 12.8. The minimum Gasteiger partial charge on any atom is -0.321 e. The molecule has 1 N–H and O–H groups in total. The van der Waals surface area contributed by atoms with Crippen LogP contribution in [-0.4, -0.2) is 5.91 Å². The van der Waals surface area contributed by atoms with Gasteiger partial charge in [0.15, 0.2) is 0 Å². The lowest BCUT2D eigenvalue weighted by atomic mass is 9.97. The summed E-state index contributed by atoms with van der Waals surface area (Å²) in [7, 11) is 0. The summed E-state index contributed by atoms with van der Waals surface area (Å²) >= 11 is 0. The number of fused-ring (bicyclic) bond motifs is 1. The van der Waals surface area contributed by atoms with Gasteiger partial charge in [-0.3, -0.25) is 4.79 Å². The molecular weight excluding hydrogens is 318 g/mol. The molecule has 0 unspecified atom stereocenters. The molecular formula is C24H23NO. The van der Waals surface area contributed by atoms with Crippen molar-refractivity contribution >= 4 is 22.4 Å². The van der Waals surface area contributed by atoms with E-state index in [1.165, 1.54) is 0 Å². The van der Waals surface area contributed by atoms with Gasteiger partial charge in [0.1, 0.15) is 0 Å². The topological polar surface area (TPSA) is 29.1 Å². The molecule has 0 saturated carbocycles. The van der Waals surface area contributed by atoms with E-state index in [2.05, 4.69) is 37.9 Å². The second-order valence-electron chi connectivity index (χ2n) is 7.51. The van der Waals surface area contributed by atoms with E-state index < -0.39 is 0 Å². The molecule has 0 aliphatic rings. The molecule has 0 radical (unpaired) electrons. The van der Waals surface area contributed by atoms with Crippen LogP contribution >= 0.6 is 0 Å². The smallest absolute Gasteiger partial charge is 0.255 e. The second-order valence-corrected chi connectivity index (χ2v) is 7.51. The fourth-order valence-corrected chi connectivity index (χ4v) is 2.78. The van der Waals surface area contributed by atoms with Crippen molar-refractivity contribution in [2.24, 2.45) is 5.41 Å². The van der Waals surface area contributed by atoms with E-state index in [9.17, 15) is 4.79 Å². The molecule has 0 fully saturated rings. The Hall–Kier alpha value is -3.05. The maximum Gasteiger partial charge on any atom is 0.255 e. The van der Waals surface area contributed by atoms with Gasteiger partial charge in [0.05, 0.1) is 0 Å². The van der Waals surface area contributed by atoms with Crippen molar-refractivity contribution in [2.75, 3.05) is 5.32 Å². The lowest BCUT2D eigenvalue weighted by Gasteiger charge is -2.11. The lowest BCUT2D eigenvalue weighted by Crippen LogP contribution is -2.13. The van der Waals surface area contributed by atoms with Crippen molar-refractivity contribution in [1.29, 1.82) is 0 Å². The van der Waals surface area contributed by atoms with Gasteiger partial charge in [-0.15, -0.1) is 0 Å². The van der Waals surface area contributed by atoms with E-state index in [0.717, 1.165) is 27.6 Å². The van der Waals surface area contributed by atoms with Crippen LogP contribution in [0.5, 0.6) is 0 Å². The Morgan fingerprint density at radius 1 is 0.962 bits per heavy atom. The van der Waals surface area contributed by atoms with Gasteiger partial charge in [0.2, 0.25) is 0 Å². The van der Waals surface area contributed by atoms with Gasteiger partial charge >= 0.3 is 0 Å². The van der Waals surface area contributed by atoms with Gasteiger partial charge in [0.25, 0.3) is 5.91 Å². The Morgan fingerprint density at radius 3 is 2.42 bits per heavy atom. The highest BCUT2D eigenvalue weighted by atomic mass is 16.1. The number of hydrogen-bond donors (Lipinski definition) is 1. The fraction of sp³-hybridized carbons (Fsp3) is 0.208. The number of aryl methyl sites for hydroxylation is 1. The molecule has 0 aromatic heterocycles. The third-order valence-corrected chi connectivity index (χ3v) is 4.09. The summed E-state index contributed by atoms with van der Waals surface area (Å²) in [5, 5.41) is 5.18. The van der Waals surface area contributed by atoms with Crippen LogP contribution in [0, 0.1) is 24.2 Å². The van der Waals surface area contributed by atoms with Gasteiger partial charge < -0.3 is 5.32 Å². The highest BCUT2D eigenvalue weighted by Crippen LogP contribution is 2.24. The van der Waals surface area contributed by atoms with Crippen LogP contribution in [-0.2, 0) is 0 Å². The standard InChI is InChI=1S/C24H23NO/c1-17-16-18(14-15-24(2,3)4)12-13-20(17)23(26)25-22-11-7-9-19-8-5-6-10-21(19)22/h5-13,16H,1-4H3,(H,25,26). The van der Waals surface area contributed by atoms with Crippen molar-refractivity contribution in [2.45, 2.75) is 27.7 Å². The Kier molecular flexibility index (Phi) is 4.82. The summed E-state index contributed by atoms with van der Waals surface area (Å²) in [5.74, 6) is 6.30. The molecule has 130 valence electrons. The summed E-state index contributed by atoms with van der Waals surface area (Å²) in [6, 6.07) is 19.7. The number of benzene rings is 3. The zero-order valence-electron chi connectivity index (χ0n) is 15.7. The highest BCUT2D eigenvalue weighted by molar-refractivity contribution is 6.09. The van der Waals surface area contributed by atoms with Crippen LogP contribution in [0.1, 0.15) is 42.3 Å². The van der Waals surface area contributed by atoms with Crippen molar-refractivity contribution < 1.29 is 4.79 Å². The molecule has 0 atom stereocenters. The van der Waals surface area contributed by atoms with Crippen LogP contribution in [0.3, 0.4) is 0 Å². The van der Waals surface area contributed by atoms with Gasteiger partial charge in [-0.2, -0.15) is 0 Å². The first-order valence-corrected chi connectivity index (χ1v) is 8.76. The van der Waals surface area contributed by atoms with Crippen molar-refractivity contribution in [3.05, 3.63) is 77.4 Å². The van der Waals surface area contributed by atoms with E-state index in [1.807, 2.05) is 67.6 Å². The summed E-state index contributed by atoms with van der Waals surface area (Å²) in [6.45, 7) is 8.19. The quantitative estimate of drug-likeness (QED) is 0.587. The highest BCUT2D eigenvalue weighted by Gasteiger charge is 2.11. The Morgan fingerprint density at radius 2 is 1.69 bits per heavy atom. The fourth-order valence-electron chi connectivity index (χ4n) is 2.78. The van der Waals surface area contributed by atoms with E-state index in [1.54, 1.807) is 0 Å². The van der Waals surface area contributed by atoms with Crippen LogP contribution in [0.15, 0.2) is 60.7 Å². The predicted molar refractivity (Wildman–Crippen MR) is 109 cm³/mol. The molecule has 3 rings (SSSR count). The third-order valence-electron chi connectivity index (χ3n) is 4.09. The zero-order chi connectivity index (χ0) is 18.7. The molecule has 0 saturated heterocycles. The number of hydrogen-bond acceptors (Lipinski definition) is 1. The molecule has 3 aromatic rings. The van der Waals surface area contributed by atoms with Crippen LogP contribution in [0.25, 0.3) is 10.8 Å². The molecule has 0 spiro atoms. The molecule has 0 aliphatic carbocycles. The number of amides is 1. The molecule has 1 amide bonds. The molecule has 0 aliphatic heterocycles. The summed E-state index contributed by atoms with van der Waals surface area (Å²) < 4.78 is 0. The molecule has 3 aromatic carbocycles. The minimum absolute atomic E-state index is 0.0433. The van der Waals surface area contributed by atoms with Crippen LogP contribution in [0.2, 0.25) is 0 Å². The Labute approximate surface area is 155 Å². The molecule has 26 heavy (non-hydrogen) atoms. The zero-order valence-corrected chi connectivity index (χ0v) is 15.7. The van der Waals surface area contributed by atoms with E-state index in [-0.39, 0.29) is 11.3 Å². The Bertz CT molecular complexity index is 1020. The van der Waals surface area contributed by atoms with Crippen molar-refractivity contribution in [1.82, 2.24) is 0 Å². The lowest BCUT2D eigenvalue weighted by molar-refractivity contribution is 0.102. The first-order chi connectivity index (χ1) is 12.3. The number of anilines is 1. The predicted octanol–water partition coefficient (Wildman–Crippen LogP) is 5.80. The maximum atomic E-state index is 12.8. The second kappa shape index (κ2) is 7.06. The number of rotatable bonds is 2. The third kappa shape index (κ3) is 4.13. The first kappa shape index (κ1) is 17.8. The minimum atomic E-state index is -0.103. The van der Waals surface area contributed by atoms with E-state index >= 15 is 0 Å². The van der Waals surface area contributed by atoms with Crippen molar-refractivity contribution in [3.8, 4) is 11.8 Å². The summed E-state index contributed by atoms with van der Waals surface area (Å²) in [5.41, 5.74) is 3.30. The summed E-state index contributed by atoms with van der Waals surface area (Å²) in [6.07, 6.45) is 0. The first-order valence-electron chi connectivity index (χ1n) is 8.76. The van der Waals surface area contributed by atoms with Crippen molar-refractivity contribution in [3.63, 3.8) is 0 Å². The largest absolute Gasteiger partial charge is 0.321 e. The van der Waals surface area contributed by atoms with Crippen LogP contribution in [0.4, 0.5) is 5.69 Å². The average Bonchev–Trinajstić information content (AvgIpc) is 2.59. The van der Waals surface area contributed by atoms with Gasteiger partial charge in [0, 0.05) is 27.6 Å². The molecule has 2 heteroatoms. The monoisotopic (exact) mass is 341 g/mol. The van der Waals surface area contributed by atoms with Gasteiger partial charge in [-0.05, 0) is 62.9 Å². The van der Waals surface area contributed by atoms with Gasteiger partial charge in [-0.25, -0.2) is 0 Å². The maximum absolute atomic E-state index is 12.8. The molecule has 0 heterocycles.